The molecule has 3 heterocycles. The quantitative estimate of drug-likeness (QED) is 0.810. The van der Waals surface area contributed by atoms with Crippen LogP contribution in [0.15, 0.2) is 12.7 Å². The largest absolute Gasteiger partial charge is 0.352 e. The lowest BCUT2D eigenvalue weighted by molar-refractivity contribution is 0.263. The van der Waals surface area contributed by atoms with Crippen molar-refractivity contribution in [2.45, 2.75) is 6.42 Å². The number of nitrogens with one attached hydrogen (secondary N) is 1. The fraction of sp³-hybridized carbons (Fsp3) is 0.462. The zero-order valence-electron chi connectivity index (χ0n) is 10.7. The molecule has 1 aliphatic heterocycles. The van der Waals surface area contributed by atoms with E-state index < -0.39 is 0 Å². The molecule has 1 aliphatic rings. The number of imidazole rings is 1. The van der Waals surface area contributed by atoms with Crippen molar-refractivity contribution in [2.75, 3.05) is 37.6 Å². The Labute approximate surface area is 111 Å². The van der Waals surface area contributed by atoms with Gasteiger partial charge >= 0.3 is 0 Å². The maximum atomic E-state index is 5.30. The minimum absolute atomic E-state index is 0.722. The Hall–Kier alpha value is -2.13. The van der Waals surface area contributed by atoms with Gasteiger partial charge in [0.25, 0.3) is 0 Å². The normalized spacial score (nSPS) is 16.7. The monoisotopic (exact) mass is 256 g/mol. The maximum Gasteiger partial charge on any atom is 0.182 e. The molecule has 0 aliphatic carbocycles. The van der Waals surface area contributed by atoms with E-state index in [4.69, 9.17) is 6.42 Å². The molecule has 0 aromatic carbocycles. The summed E-state index contributed by atoms with van der Waals surface area (Å²) < 4.78 is 0. The number of fused-ring (bicyclic) bond motifs is 1. The van der Waals surface area contributed by atoms with Crippen LogP contribution in [0, 0.1) is 12.3 Å². The molecule has 3 rings (SSSR count). The minimum Gasteiger partial charge on any atom is -0.352 e. The van der Waals surface area contributed by atoms with Crippen molar-refractivity contribution in [2.24, 2.45) is 0 Å². The van der Waals surface area contributed by atoms with Crippen LogP contribution in [0.1, 0.15) is 6.42 Å². The number of anilines is 1. The number of hydrogen-bond donors (Lipinski definition) is 1. The van der Waals surface area contributed by atoms with Gasteiger partial charge in [-0.05, 0) is 0 Å². The van der Waals surface area contributed by atoms with Crippen LogP contribution in [-0.4, -0.2) is 57.6 Å². The number of rotatable bonds is 3. The molecule has 2 aromatic rings. The number of nitrogens with zero attached hydrogens (tertiary/aromatic N) is 5. The lowest BCUT2D eigenvalue weighted by Gasteiger charge is -2.35. The second-order valence-corrected chi connectivity index (χ2v) is 4.58. The fourth-order valence-electron chi connectivity index (χ4n) is 2.40. The number of hydrogen-bond acceptors (Lipinski definition) is 5. The van der Waals surface area contributed by atoms with E-state index in [9.17, 15) is 0 Å². The van der Waals surface area contributed by atoms with Crippen LogP contribution in [0.2, 0.25) is 0 Å². The van der Waals surface area contributed by atoms with Gasteiger partial charge in [-0.25, -0.2) is 15.0 Å². The molecule has 1 fully saturated rings. The highest BCUT2D eigenvalue weighted by molar-refractivity contribution is 5.82. The van der Waals surface area contributed by atoms with Gasteiger partial charge in [-0.2, -0.15) is 0 Å². The summed E-state index contributed by atoms with van der Waals surface area (Å²) in [4.78, 5) is 20.5. The van der Waals surface area contributed by atoms with Crippen LogP contribution < -0.4 is 4.90 Å². The third-order valence-corrected chi connectivity index (χ3v) is 3.45. The second kappa shape index (κ2) is 5.24. The van der Waals surface area contributed by atoms with Crippen molar-refractivity contribution in [3.63, 3.8) is 0 Å². The molecule has 2 aromatic heterocycles. The molecule has 0 amide bonds. The van der Waals surface area contributed by atoms with Gasteiger partial charge in [-0.15, -0.1) is 12.3 Å². The number of piperazine rings is 1. The highest BCUT2D eigenvalue weighted by atomic mass is 15.3. The van der Waals surface area contributed by atoms with E-state index in [1.54, 1.807) is 12.7 Å². The van der Waals surface area contributed by atoms with E-state index >= 15 is 0 Å². The summed E-state index contributed by atoms with van der Waals surface area (Å²) in [6.45, 7) is 4.92. The average molecular weight is 256 g/mol. The lowest BCUT2D eigenvalue weighted by Crippen LogP contribution is -2.47. The molecule has 0 atom stereocenters. The smallest absolute Gasteiger partial charge is 0.182 e. The summed E-state index contributed by atoms with van der Waals surface area (Å²) in [7, 11) is 0. The van der Waals surface area contributed by atoms with E-state index in [0.717, 1.165) is 56.1 Å². The first-order chi connectivity index (χ1) is 9.38. The van der Waals surface area contributed by atoms with Gasteiger partial charge < -0.3 is 9.88 Å². The Kier molecular flexibility index (Phi) is 3.29. The Morgan fingerprint density at radius 1 is 1.21 bits per heavy atom. The van der Waals surface area contributed by atoms with E-state index in [0.29, 0.717) is 0 Å². The Balaban J connectivity index is 1.72. The van der Waals surface area contributed by atoms with Crippen molar-refractivity contribution in [3.8, 4) is 12.3 Å². The van der Waals surface area contributed by atoms with E-state index in [1.807, 2.05) is 0 Å². The maximum absolute atomic E-state index is 5.30. The molecule has 0 unspecified atom stereocenters. The molecule has 1 N–H and O–H groups in total. The Morgan fingerprint density at radius 3 is 2.84 bits per heavy atom. The molecule has 1 saturated heterocycles. The molecule has 0 spiro atoms. The second-order valence-electron chi connectivity index (χ2n) is 4.58. The van der Waals surface area contributed by atoms with Gasteiger partial charge in [0, 0.05) is 39.1 Å². The molecule has 0 saturated carbocycles. The fourth-order valence-corrected chi connectivity index (χ4v) is 2.40. The first-order valence-electron chi connectivity index (χ1n) is 6.43. The van der Waals surface area contributed by atoms with Crippen molar-refractivity contribution in [3.05, 3.63) is 12.7 Å². The highest BCUT2D eigenvalue weighted by Crippen LogP contribution is 2.20. The average Bonchev–Trinajstić information content (AvgIpc) is 2.94. The summed E-state index contributed by atoms with van der Waals surface area (Å²) in [5.41, 5.74) is 1.64. The van der Waals surface area contributed by atoms with E-state index in [2.05, 4.69) is 35.7 Å². The van der Waals surface area contributed by atoms with E-state index in [-0.39, 0.29) is 0 Å². The van der Waals surface area contributed by atoms with Gasteiger partial charge in [0.05, 0.1) is 6.33 Å². The van der Waals surface area contributed by atoms with Gasteiger partial charge in [0.2, 0.25) is 0 Å². The van der Waals surface area contributed by atoms with Crippen molar-refractivity contribution in [1.29, 1.82) is 0 Å². The van der Waals surface area contributed by atoms with Gasteiger partial charge in [0.1, 0.15) is 11.8 Å². The lowest BCUT2D eigenvalue weighted by atomic mass is 10.3. The van der Waals surface area contributed by atoms with Crippen LogP contribution in [0.5, 0.6) is 0 Å². The zero-order chi connectivity index (χ0) is 13.1. The van der Waals surface area contributed by atoms with Crippen LogP contribution in [0.4, 0.5) is 5.82 Å². The third kappa shape index (κ3) is 2.37. The Bertz CT molecular complexity index is 590. The van der Waals surface area contributed by atoms with Crippen molar-refractivity contribution < 1.29 is 0 Å². The van der Waals surface area contributed by atoms with Gasteiger partial charge in [-0.1, -0.05) is 0 Å². The van der Waals surface area contributed by atoms with Crippen LogP contribution in [0.3, 0.4) is 0 Å². The Morgan fingerprint density at radius 2 is 2.05 bits per heavy atom. The summed E-state index contributed by atoms with van der Waals surface area (Å²) >= 11 is 0. The summed E-state index contributed by atoms with van der Waals surface area (Å²) in [6, 6.07) is 0. The summed E-state index contributed by atoms with van der Waals surface area (Å²) in [6.07, 6.45) is 9.35. The molecule has 6 nitrogen and oxygen atoms in total. The minimum atomic E-state index is 0.722. The molecular weight excluding hydrogens is 240 g/mol. The number of aromatic amines is 1. The first kappa shape index (κ1) is 11.9. The first-order valence-corrected chi connectivity index (χ1v) is 6.43. The zero-order valence-corrected chi connectivity index (χ0v) is 10.7. The molecular formula is C13H16N6. The summed E-state index contributed by atoms with van der Waals surface area (Å²) in [5, 5.41) is 0. The number of aromatic nitrogens is 4. The predicted molar refractivity (Wildman–Crippen MR) is 73.8 cm³/mol. The molecule has 19 heavy (non-hydrogen) atoms. The highest BCUT2D eigenvalue weighted by Gasteiger charge is 2.20. The predicted octanol–water partition coefficient (Wildman–Crippen LogP) is 0.498. The van der Waals surface area contributed by atoms with Crippen LogP contribution in [0.25, 0.3) is 11.2 Å². The van der Waals surface area contributed by atoms with Crippen LogP contribution >= 0.6 is 0 Å². The van der Waals surface area contributed by atoms with Gasteiger partial charge in [0.15, 0.2) is 11.5 Å². The number of terminal acetylenes is 1. The number of H-pyrrole nitrogens is 1. The summed E-state index contributed by atoms with van der Waals surface area (Å²) in [5.74, 6) is 3.63. The van der Waals surface area contributed by atoms with Crippen molar-refractivity contribution >= 4 is 17.0 Å². The van der Waals surface area contributed by atoms with Gasteiger partial charge in [-0.3, -0.25) is 4.90 Å². The van der Waals surface area contributed by atoms with Crippen molar-refractivity contribution in [1.82, 2.24) is 24.8 Å². The molecule has 0 bridgehead atoms. The molecule has 6 heteroatoms. The van der Waals surface area contributed by atoms with E-state index in [1.165, 1.54) is 0 Å². The standard InChI is InChI=1S/C13H16N6/c1-2-3-4-18-5-7-19(8-6-18)13-11-12(15-9-14-11)16-10-17-13/h1,9-10H,3-8H2,(H,14,15,16,17). The topological polar surface area (TPSA) is 60.9 Å². The van der Waals surface area contributed by atoms with Crippen LogP contribution in [-0.2, 0) is 0 Å². The SMILES string of the molecule is C#CCCN1CCN(c2ncnc3nc[nH]c23)CC1. The third-order valence-electron chi connectivity index (χ3n) is 3.45. The molecule has 98 valence electrons. The molecule has 0 radical (unpaired) electrons.